The van der Waals surface area contributed by atoms with Crippen molar-refractivity contribution in [3.63, 3.8) is 0 Å². The highest BCUT2D eigenvalue weighted by molar-refractivity contribution is 6.33. The van der Waals surface area contributed by atoms with Gasteiger partial charge in [0.05, 0.1) is 28.7 Å². The summed E-state index contributed by atoms with van der Waals surface area (Å²) in [5.41, 5.74) is 2.33. The van der Waals surface area contributed by atoms with Gasteiger partial charge in [0.1, 0.15) is 5.69 Å². The van der Waals surface area contributed by atoms with E-state index >= 15 is 0 Å². The fraction of sp³-hybridized carbons (Fsp3) is 0.130. The number of imidazole rings is 2. The van der Waals surface area contributed by atoms with Crippen LogP contribution in [0.4, 0.5) is 16.2 Å². The second kappa shape index (κ2) is 9.03. The highest BCUT2D eigenvalue weighted by atomic mass is 35.5. The van der Waals surface area contributed by atoms with E-state index in [4.69, 9.17) is 16.3 Å². The first kappa shape index (κ1) is 22.3. The molecule has 0 aliphatic rings. The molecule has 5 aromatic rings. The van der Waals surface area contributed by atoms with Crippen LogP contribution in [-0.2, 0) is 4.74 Å². The Balaban J connectivity index is 1.39. The molecule has 176 valence electrons. The first-order valence-corrected chi connectivity index (χ1v) is 11.0. The molecular formula is C23H19ClN8O3. The summed E-state index contributed by atoms with van der Waals surface area (Å²) < 4.78 is 8.41. The zero-order valence-electron chi connectivity index (χ0n) is 18.6. The average Bonchev–Trinajstić information content (AvgIpc) is 3.43. The van der Waals surface area contributed by atoms with E-state index in [1.54, 1.807) is 77.9 Å². The van der Waals surface area contributed by atoms with E-state index in [1.807, 2.05) is 0 Å². The number of ether oxygens (including phenoxy) is 1. The molecule has 0 spiro atoms. The summed E-state index contributed by atoms with van der Waals surface area (Å²) >= 11 is 6.43. The number of halogens is 1. The van der Waals surface area contributed by atoms with E-state index in [0.29, 0.717) is 39.2 Å². The summed E-state index contributed by atoms with van der Waals surface area (Å²) in [6, 6.07) is 6.83. The van der Waals surface area contributed by atoms with Crippen LogP contribution in [0.3, 0.4) is 0 Å². The maximum atomic E-state index is 12.7. The van der Waals surface area contributed by atoms with E-state index in [2.05, 4.69) is 30.6 Å². The molecule has 0 atom stereocenters. The predicted molar refractivity (Wildman–Crippen MR) is 130 cm³/mol. The third kappa shape index (κ3) is 4.75. The molecule has 0 radical (unpaired) electrons. The zero-order valence-corrected chi connectivity index (χ0v) is 19.4. The van der Waals surface area contributed by atoms with E-state index < -0.39 is 6.09 Å². The van der Waals surface area contributed by atoms with Gasteiger partial charge in [0, 0.05) is 42.2 Å². The van der Waals surface area contributed by atoms with Crippen LogP contribution in [0.15, 0.2) is 61.4 Å². The summed E-state index contributed by atoms with van der Waals surface area (Å²) in [6.45, 7) is 3.52. The Bertz CT molecular complexity index is 1540. The SMILES string of the molecule is CC(C)OC(=O)Nc1cnc2nc(-c3cc(NC(=O)c4cn5cccnc5n4)ccc3Cl)cn2c1. The number of benzene rings is 1. The number of hydrogen-bond acceptors (Lipinski definition) is 7. The lowest BCUT2D eigenvalue weighted by atomic mass is 10.1. The van der Waals surface area contributed by atoms with E-state index in [0.717, 1.165) is 0 Å². The van der Waals surface area contributed by atoms with Gasteiger partial charge in [0.2, 0.25) is 11.6 Å². The smallest absolute Gasteiger partial charge is 0.411 e. The number of carbonyl (C=O) groups is 2. The third-order valence-corrected chi connectivity index (χ3v) is 5.20. The van der Waals surface area contributed by atoms with Crippen molar-refractivity contribution in [1.29, 1.82) is 0 Å². The number of rotatable bonds is 5. The fourth-order valence-corrected chi connectivity index (χ4v) is 3.59. The van der Waals surface area contributed by atoms with Gasteiger partial charge in [-0.25, -0.2) is 24.7 Å². The number of amides is 2. The summed E-state index contributed by atoms with van der Waals surface area (Å²) in [7, 11) is 0. The van der Waals surface area contributed by atoms with Crippen LogP contribution in [0.1, 0.15) is 24.3 Å². The Morgan fingerprint density at radius 2 is 1.83 bits per heavy atom. The van der Waals surface area contributed by atoms with Gasteiger partial charge >= 0.3 is 6.09 Å². The molecule has 0 unspecified atom stereocenters. The van der Waals surface area contributed by atoms with Gasteiger partial charge in [-0.2, -0.15) is 0 Å². The molecule has 2 amide bonds. The molecule has 4 heterocycles. The number of aromatic nitrogens is 6. The number of nitrogens with one attached hydrogen (secondary N) is 2. The van der Waals surface area contributed by atoms with Gasteiger partial charge in [0.15, 0.2) is 0 Å². The summed E-state index contributed by atoms with van der Waals surface area (Å²) in [6.07, 6.45) is 9.02. The molecule has 0 fully saturated rings. The van der Waals surface area contributed by atoms with Crippen molar-refractivity contribution in [3.8, 4) is 11.3 Å². The van der Waals surface area contributed by atoms with Gasteiger partial charge in [0.25, 0.3) is 5.91 Å². The fourth-order valence-electron chi connectivity index (χ4n) is 3.37. The van der Waals surface area contributed by atoms with Crippen molar-refractivity contribution in [2.75, 3.05) is 10.6 Å². The number of nitrogens with zero attached hydrogens (tertiary/aromatic N) is 6. The minimum Gasteiger partial charge on any atom is -0.447 e. The zero-order chi connectivity index (χ0) is 24.5. The molecule has 12 heteroatoms. The number of carbonyl (C=O) groups excluding carboxylic acids is 2. The van der Waals surface area contributed by atoms with Gasteiger partial charge < -0.3 is 10.1 Å². The van der Waals surface area contributed by atoms with Gasteiger partial charge in [-0.15, -0.1) is 0 Å². The Hall–Kier alpha value is -4.51. The van der Waals surface area contributed by atoms with Gasteiger partial charge in [-0.05, 0) is 38.1 Å². The van der Waals surface area contributed by atoms with E-state index in [1.165, 1.54) is 6.20 Å². The first-order chi connectivity index (χ1) is 16.9. The maximum absolute atomic E-state index is 12.7. The first-order valence-electron chi connectivity index (χ1n) is 10.6. The number of anilines is 2. The summed E-state index contributed by atoms with van der Waals surface area (Å²) in [5.74, 6) is 0.452. The molecule has 4 aromatic heterocycles. The number of hydrogen-bond donors (Lipinski definition) is 2. The van der Waals surface area contributed by atoms with Crippen molar-refractivity contribution >= 4 is 46.5 Å². The van der Waals surface area contributed by atoms with Crippen LogP contribution < -0.4 is 10.6 Å². The van der Waals surface area contributed by atoms with Crippen LogP contribution in [0, 0.1) is 0 Å². The minimum atomic E-state index is -0.575. The highest BCUT2D eigenvalue weighted by Crippen LogP contribution is 2.30. The van der Waals surface area contributed by atoms with Crippen molar-refractivity contribution < 1.29 is 14.3 Å². The largest absolute Gasteiger partial charge is 0.447 e. The maximum Gasteiger partial charge on any atom is 0.411 e. The Kier molecular flexibility index (Phi) is 5.75. The molecule has 0 aliphatic heterocycles. The molecule has 35 heavy (non-hydrogen) atoms. The van der Waals surface area contributed by atoms with Crippen molar-refractivity contribution in [3.05, 3.63) is 72.2 Å². The summed E-state index contributed by atoms with van der Waals surface area (Å²) in [5, 5.41) is 5.89. The van der Waals surface area contributed by atoms with Crippen LogP contribution in [0.2, 0.25) is 5.02 Å². The molecule has 2 N–H and O–H groups in total. The van der Waals surface area contributed by atoms with E-state index in [9.17, 15) is 9.59 Å². The third-order valence-electron chi connectivity index (χ3n) is 4.87. The molecule has 5 rings (SSSR count). The molecular weight excluding hydrogens is 472 g/mol. The molecule has 0 saturated heterocycles. The second-order valence-electron chi connectivity index (χ2n) is 7.86. The highest BCUT2D eigenvalue weighted by Gasteiger charge is 2.15. The Morgan fingerprint density at radius 1 is 1.00 bits per heavy atom. The number of fused-ring (bicyclic) bond motifs is 2. The molecule has 0 aliphatic carbocycles. The minimum absolute atomic E-state index is 0.230. The van der Waals surface area contributed by atoms with Crippen LogP contribution in [0.5, 0.6) is 0 Å². The lowest BCUT2D eigenvalue weighted by molar-refractivity contribution is 0.102. The monoisotopic (exact) mass is 490 g/mol. The Labute approximate surface area is 203 Å². The molecule has 0 bridgehead atoms. The van der Waals surface area contributed by atoms with Crippen LogP contribution in [-0.4, -0.2) is 46.8 Å². The van der Waals surface area contributed by atoms with Gasteiger partial charge in [-0.3, -0.25) is 18.9 Å². The standard InChI is InChI=1S/C23H19ClN8O3/c1-13(2)35-23(34)28-15-9-26-22-29-18(11-32(22)10-15)16-8-14(4-5-17(16)24)27-20(33)19-12-31-7-3-6-25-21(31)30-19/h3-13H,1-2H3,(H,27,33)(H,28,34). The van der Waals surface area contributed by atoms with Gasteiger partial charge in [-0.1, -0.05) is 11.6 Å². The average molecular weight is 491 g/mol. The molecule has 11 nitrogen and oxygen atoms in total. The summed E-state index contributed by atoms with van der Waals surface area (Å²) in [4.78, 5) is 41.7. The van der Waals surface area contributed by atoms with Crippen LogP contribution in [0.25, 0.3) is 22.8 Å². The van der Waals surface area contributed by atoms with Crippen LogP contribution >= 0.6 is 11.6 Å². The van der Waals surface area contributed by atoms with Crippen molar-refractivity contribution in [2.45, 2.75) is 20.0 Å². The topological polar surface area (TPSA) is 128 Å². The molecule has 1 aromatic carbocycles. The Morgan fingerprint density at radius 3 is 2.63 bits per heavy atom. The second-order valence-corrected chi connectivity index (χ2v) is 8.26. The quantitative estimate of drug-likeness (QED) is 0.376. The van der Waals surface area contributed by atoms with Crippen molar-refractivity contribution in [1.82, 2.24) is 28.7 Å². The lowest BCUT2D eigenvalue weighted by Gasteiger charge is -2.09. The van der Waals surface area contributed by atoms with Crippen molar-refractivity contribution in [2.24, 2.45) is 0 Å². The van der Waals surface area contributed by atoms with E-state index in [-0.39, 0.29) is 17.7 Å². The lowest BCUT2D eigenvalue weighted by Crippen LogP contribution is -2.18. The molecule has 0 saturated carbocycles. The predicted octanol–water partition coefficient (Wildman–Crippen LogP) is 4.30. The normalized spacial score (nSPS) is 11.2.